The van der Waals surface area contributed by atoms with Gasteiger partial charge in [0.15, 0.2) is 11.9 Å². The standard InChI is InChI=1S/C18H16N4O6/c1-11(23)28-16(18(25)26)15-17(24)21(8-9-27-15)14-6-7-22(20-14)13-4-2-12(10-19)3-5-13/h2-7,15-16H,8-9H2,1H3,(H,25,26)/t15-,16-/m1/s1. The Balaban J connectivity index is 1.82. The Kier molecular flexibility index (Phi) is 5.37. The number of carboxylic acid groups (broad SMARTS) is 1. The van der Waals surface area contributed by atoms with Crippen LogP contribution in [0.4, 0.5) is 5.82 Å². The summed E-state index contributed by atoms with van der Waals surface area (Å²) in [5, 5.41) is 22.5. The van der Waals surface area contributed by atoms with Gasteiger partial charge in [0.25, 0.3) is 5.91 Å². The molecule has 0 unspecified atom stereocenters. The molecule has 28 heavy (non-hydrogen) atoms. The summed E-state index contributed by atoms with van der Waals surface area (Å²) >= 11 is 0. The highest BCUT2D eigenvalue weighted by Gasteiger charge is 2.43. The number of anilines is 1. The molecule has 0 spiro atoms. The molecule has 1 aromatic carbocycles. The molecule has 0 bridgehead atoms. The van der Waals surface area contributed by atoms with E-state index < -0.39 is 30.1 Å². The summed E-state index contributed by atoms with van der Waals surface area (Å²) in [6, 6.07) is 10.3. The SMILES string of the molecule is CC(=O)O[C@@H](C(=O)O)[C@H]1OCCN(c2ccn(-c3ccc(C#N)cc3)n2)C1=O. The lowest BCUT2D eigenvalue weighted by Crippen LogP contribution is -2.55. The molecule has 1 N–H and O–H groups in total. The number of morpholine rings is 1. The van der Waals surface area contributed by atoms with Crippen molar-refractivity contribution in [3.05, 3.63) is 42.1 Å². The second-order valence-corrected chi connectivity index (χ2v) is 5.93. The topological polar surface area (TPSA) is 135 Å². The maximum absolute atomic E-state index is 12.7. The van der Waals surface area contributed by atoms with Crippen molar-refractivity contribution in [2.45, 2.75) is 19.1 Å². The molecule has 2 aromatic rings. The van der Waals surface area contributed by atoms with Crippen LogP contribution in [0, 0.1) is 11.3 Å². The average Bonchev–Trinajstić information content (AvgIpc) is 3.16. The van der Waals surface area contributed by atoms with Gasteiger partial charge in [0.2, 0.25) is 6.10 Å². The zero-order valence-corrected chi connectivity index (χ0v) is 14.8. The number of carbonyl (C=O) groups is 3. The van der Waals surface area contributed by atoms with Crippen molar-refractivity contribution in [1.29, 1.82) is 5.26 Å². The summed E-state index contributed by atoms with van der Waals surface area (Å²) in [6.07, 6.45) is -1.57. The van der Waals surface area contributed by atoms with E-state index in [0.717, 1.165) is 6.92 Å². The van der Waals surface area contributed by atoms with Crippen LogP contribution >= 0.6 is 0 Å². The van der Waals surface area contributed by atoms with E-state index in [-0.39, 0.29) is 13.2 Å². The van der Waals surface area contributed by atoms with Gasteiger partial charge in [-0.15, -0.1) is 5.10 Å². The smallest absolute Gasteiger partial charge is 0.348 e. The fourth-order valence-corrected chi connectivity index (χ4v) is 2.76. The number of nitriles is 1. The molecule has 0 radical (unpaired) electrons. The number of rotatable bonds is 5. The molecule has 1 fully saturated rings. The molecule has 0 aliphatic carbocycles. The van der Waals surface area contributed by atoms with E-state index in [4.69, 9.17) is 14.7 Å². The molecular weight excluding hydrogens is 368 g/mol. The summed E-state index contributed by atoms with van der Waals surface area (Å²) < 4.78 is 11.5. The van der Waals surface area contributed by atoms with Gasteiger partial charge in [0, 0.05) is 19.2 Å². The van der Waals surface area contributed by atoms with Crippen molar-refractivity contribution in [2.75, 3.05) is 18.1 Å². The Morgan fingerprint density at radius 1 is 1.36 bits per heavy atom. The number of esters is 1. The third kappa shape index (κ3) is 3.84. The van der Waals surface area contributed by atoms with Gasteiger partial charge in [-0.25, -0.2) is 9.48 Å². The molecule has 1 amide bonds. The van der Waals surface area contributed by atoms with Gasteiger partial charge < -0.3 is 14.6 Å². The van der Waals surface area contributed by atoms with Crippen molar-refractivity contribution in [3.63, 3.8) is 0 Å². The van der Waals surface area contributed by atoms with Gasteiger partial charge in [0.1, 0.15) is 0 Å². The van der Waals surface area contributed by atoms with Crippen LogP contribution in [0.15, 0.2) is 36.5 Å². The zero-order chi connectivity index (χ0) is 20.3. The summed E-state index contributed by atoms with van der Waals surface area (Å²) in [6.45, 7) is 1.29. The minimum absolute atomic E-state index is 0.0607. The first kappa shape index (κ1) is 19.1. The average molecular weight is 384 g/mol. The lowest BCUT2D eigenvalue weighted by atomic mass is 10.1. The lowest BCUT2D eigenvalue weighted by Gasteiger charge is -2.33. The highest BCUT2D eigenvalue weighted by atomic mass is 16.6. The Labute approximate surface area is 159 Å². The highest BCUT2D eigenvalue weighted by molar-refractivity contribution is 5.99. The van der Waals surface area contributed by atoms with Gasteiger partial charge in [-0.2, -0.15) is 5.26 Å². The normalized spacial score (nSPS) is 17.6. The van der Waals surface area contributed by atoms with Crippen LogP contribution in [-0.2, 0) is 23.9 Å². The zero-order valence-electron chi connectivity index (χ0n) is 14.8. The van der Waals surface area contributed by atoms with Gasteiger partial charge in [0.05, 0.1) is 30.5 Å². The maximum atomic E-state index is 12.7. The Morgan fingerprint density at radius 2 is 2.07 bits per heavy atom. The third-order valence-corrected chi connectivity index (χ3v) is 4.05. The number of carbonyl (C=O) groups excluding carboxylic acids is 2. The minimum Gasteiger partial charge on any atom is -0.478 e. The largest absolute Gasteiger partial charge is 0.478 e. The second-order valence-electron chi connectivity index (χ2n) is 5.93. The molecule has 2 atom stereocenters. The van der Waals surface area contributed by atoms with Crippen LogP contribution in [0.1, 0.15) is 12.5 Å². The van der Waals surface area contributed by atoms with Crippen LogP contribution < -0.4 is 4.90 Å². The van der Waals surface area contributed by atoms with E-state index >= 15 is 0 Å². The molecule has 3 rings (SSSR count). The number of aliphatic carboxylic acids is 1. The van der Waals surface area contributed by atoms with Crippen LogP contribution in [0.5, 0.6) is 0 Å². The highest BCUT2D eigenvalue weighted by Crippen LogP contribution is 2.21. The number of aromatic nitrogens is 2. The first-order chi connectivity index (χ1) is 13.4. The molecule has 1 aromatic heterocycles. The van der Waals surface area contributed by atoms with Crippen molar-refractivity contribution in [3.8, 4) is 11.8 Å². The number of hydrogen-bond donors (Lipinski definition) is 1. The van der Waals surface area contributed by atoms with Crippen LogP contribution in [0.25, 0.3) is 5.69 Å². The maximum Gasteiger partial charge on any atom is 0.348 e. The van der Waals surface area contributed by atoms with E-state index in [1.807, 2.05) is 6.07 Å². The number of amides is 1. The third-order valence-electron chi connectivity index (χ3n) is 4.05. The van der Waals surface area contributed by atoms with Crippen molar-refractivity contribution < 1.29 is 29.0 Å². The van der Waals surface area contributed by atoms with Gasteiger partial charge >= 0.3 is 11.9 Å². The quantitative estimate of drug-likeness (QED) is 0.736. The number of ether oxygens (including phenoxy) is 2. The number of carboxylic acids is 1. The van der Waals surface area contributed by atoms with Gasteiger partial charge in [-0.05, 0) is 24.3 Å². The van der Waals surface area contributed by atoms with Crippen LogP contribution in [0.3, 0.4) is 0 Å². The molecule has 2 heterocycles. The Morgan fingerprint density at radius 3 is 2.68 bits per heavy atom. The molecule has 1 aliphatic rings. The lowest BCUT2D eigenvalue weighted by molar-refractivity contribution is -0.177. The summed E-state index contributed by atoms with van der Waals surface area (Å²) in [5.41, 5.74) is 1.19. The molecular formula is C18H16N4O6. The van der Waals surface area contributed by atoms with Gasteiger partial charge in [-0.1, -0.05) is 0 Å². The predicted molar refractivity (Wildman–Crippen MR) is 93.6 cm³/mol. The van der Waals surface area contributed by atoms with E-state index in [2.05, 4.69) is 5.10 Å². The minimum atomic E-state index is -1.74. The molecule has 144 valence electrons. The predicted octanol–water partition coefficient (Wildman–Crippen LogP) is 0.492. The van der Waals surface area contributed by atoms with Crippen LogP contribution in [-0.4, -0.2) is 58.1 Å². The second kappa shape index (κ2) is 7.89. The van der Waals surface area contributed by atoms with E-state index in [1.165, 1.54) is 9.58 Å². The number of nitrogens with zero attached hydrogens (tertiary/aromatic N) is 4. The first-order valence-electron chi connectivity index (χ1n) is 8.30. The van der Waals surface area contributed by atoms with Crippen molar-refractivity contribution >= 4 is 23.7 Å². The number of hydrogen-bond acceptors (Lipinski definition) is 7. The Bertz CT molecular complexity index is 946. The Hall–Kier alpha value is -3.71. The number of benzene rings is 1. The van der Waals surface area contributed by atoms with E-state index in [0.29, 0.717) is 17.1 Å². The van der Waals surface area contributed by atoms with Crippen molar-refractivity contribution in [2.24, 2.45) is 0 Å². The molecule has 1 aliphatic heterocycles. The summed E-state index contributed by atoms with van der Waals surface area (Å²) in [5.74, 6) is -2.66. The van der Waals surface area contributed by atoms with E-state index in [9.17, 15) is 19.5 Å². The van der Waals surface area contributed by atoms with Crippen molar-refractivity contribution in [1.82, 2.24) is 9.78 Å². The monoisotopic (exact) mass is 384 g/mol. The fourth-order valence-electron chi connectivity index (χ4n) is 2.76. The molecule has 1 saturated heterocycles. The molecule has 10 heteroatoms. The summed E-state index contributed by atoms with van der Waals surface area (Å²) in [7, 11) is 0. The van der Waals surface area contributed by atoms with Gasteiger partial charge in [-0.3, -0.25) is 14.5 Å². The van der Waals surface area contributed by atoms with E-state index in [1.54, 1.807) is 36.5 Å². The first-order valence-corrected chi connectivity index (χ1v) is 8.30. The summed E-state index contributed by atoms with van der Waals surface area (Å²) in [4.78, 5) is 36.6. The van der Waals surface area contributed by atoms with Crippen LogP contribution in [0.2, 0.25) is 0 Å². The fraction of sp³-hybridized carbons (Fsp3) is 0.278. The molecule has 10 nitrogen and oxygen atoms in total. The molecule has 0 saturated carbocycles.